The van der Waals surface area contributed by atoms with Gasteiger partial charge in [-0.1, -0.05) is 23.2 Å². The van der Waals surface area contributed by atoms with E-state index >= 15 is 0 Å². The highest BCUT2D eigenvalue weighted by Crippen LogP contribution is 2.31. The van der Waals surface area contributed by atoms with Crippen LogP contribution in [0.25, 0.3) is 0 Å². The van der Waals surface area contributed by atoms with E-state index in [-0.39, 0.29) is 12.3 Å². The number of methoxy groups -OCH3 is 1. The van der Waals surface area contributed by atoms with Gasteiger partial charge in [-0.2, -0.15) is 0 Å². The maximum atomic E-state index is 12.0. The number of nitrogens with zero attached hydrogens (tertiary/aromatic N) is 1. The second-order valence-corrected chi connectivity index (χ2v) is 5.87. The molecule has 2 rings (SSSR count). The summed E-state index contributed by atoms with van der Waals surface area (Å²) in [5.41, 5.74) is 0.691. The molecule has 22 heavy (non-hydrogen) atoms. The molecular weight excluding hydrogens is 327 g/mol. The lowest BCUT2D eigenvalue weighted by Gasteiger charge is -2.26. The van der Waals surface area contributed by atoms with Crippen molar-refractivity contribution in [1.29, 1.82) is 0 Å². The van der Waals surface area contributed by atoms with E-state index in [0.717, 1.165) is 32.8 Å². The van der Waals surface area contributed by atoms with Gasteiger partial charge in [0, 0.05) is 37.3 Å². The number of morpholine rings is 1. The molecule has 0 aliphatic carbocycles. The average Bonchev–Trinajstić information content (AvgIpc) is 2.51. The van der Waals surface area contributed by atoms with Crippen LogP contribution in [0.2, 0.25) is 10.0 Å². The number of benzene rings is 1. The quantitative estimate of drug-likeness (QED) is 0.855. The monoisotopic (exact) mass is 346 g/mol. The fraction of sp³-hybridized carbons (Fsp3) is 0.533. The summed E-state index contributed by atoms with van der Waals surface area (Å²) >= 11 is 12.2. The molecule has 0 unspecified atom stereocenters. The van der Waals surface area contributed by atoms with Crippen LogP contribution >= 0.6 is 23.2 Å². The molecule has 1 aliphatic heterocycles. The molecule has 0 aromatic heterocycles. The predicted octanol–water partition coefficient (Wildman–Crippen LogP) is 1.99. The average molecular weight is 347 g/mol. The van der Waals surface area contributed by atoms with Crippen LogP contribution in [0.15, 0.2) is 12.1 Å². The SMILES string of the molecule is COc1cc(Cl)c(CC(=O)NCCN2CCOCC2)cc1Cl. The largest absolute Gasteiger partial charge is 0.495 e. The van der Waals surface area contributed by atoms with Gasteiger partial charge in [0.1, 0.15) is 5.75 Å². The number of rotatable bonds is 6. The molecular formula is C15H20Cl2N2O3. The Morgan fingerprint density at radius 3 is 2.73 bits per heavy atom. The molecule has 1 amide bonds. The fourth-order valence-electron chi connectivity index (χ4n) is 2.28. The van der Waals surface area contributed by atoms with Crippen molar-refractivity contribution in [1.82, 2.24) is 10.2 Å². The zero-order valence-corrected chi connectivity index (χ0v) is 14.0. The van der Waals surface area contributed by atoms with Crippen LogP contribution in [-0.4, -0.2) is 57.3 Å². The van der Waals surface area contributed by atoms with Gasteiger partial charge in [-0.05, 0) is 11.6 Å². The van der Waals surface area contributed by atoms with Crippen molar-refractivity contribution in [3.63, 3.8) is 0 Å². The van der Waals surface area contributed by atoms with E-state index in [1.807, 2.05) is 0 Å². The van der Waals surface area contributed by atoms with Crippen molar-refractivity contribution < 1.29 is 14.3 Å². The van der Waals surface area contributed by atoms with Gasteiger partial charge in [-0.15, -0.1) is 0 Å². The zero-order chi connectivity index (χ0) is 15.9. The second kappa shape index (κ2) is 8.58. The first-order valence-corrected chi connectivity index (χ1v) is 7.94. The first-order chi connectivity index (χ1) is 10.6. The standard InChI is InChI=1S/C15H20Cl2N2O3/c1-21-14-10-12(16)11(8-13(14)17)9-15(20)18-2-3-19-4-6-22-7-5-19/h8,10H,2-7,9H2,1H3,(H,18,20). The van der Waals surface area contributed by atoms with Crippen LogP contribution in [-0.2, 0) is 16.0 Å². The Hall–Kier alpha value is -1.01. The number of halogens is 2. The molecule has 1 aromatic rings. The van der Waals surface area contributed by atoms with Gasteiger partial charge in [0.25, 0.3) is 0 Å². The first kappa shape index (κ1) is 17.3. The number of hydrogen-bond donors (Lipinski definition) is 1. The van der Waals surface area contributed by atoms with Gasteiger partial charge in [0.05, 0.1) is 31.8 Å². The van der Waals surface area contributed by atoms with Gasteiger partial charge < -0.3 is 14.8 Å². The van der Waals surface area contributed by atoms with E-state index in [4.69, 9.17) is 32.7 Å². The van der Waals surface area contributed by atoms with Gasteiger partial charge in [0.15, 0.2) is 0 Å². The number of nitrogens with one attached hydrogen (secondary N) is 1. The molecule has 1 aromatic carbocycles. The van der Waals surface area contributed by atoms with Crippen LogP contribution in [0.3, 0.4) is 0 Å². The summed E-state index contributed by atoms with van der Waals surface area (Å²) in [4.78, 5) is 14.2. The summed E-state index contributed by atoms with van der Waals surface area (Å²) in [6, 6.07) is 3.30. The summed E-state index contributed by atoms with van der Waals surface area (Å²) in [5.74, 6) is 0.430. The highest BCUT2D eigenvalue weighted by atomic mass is 35.5. The Labute approximate surface area is 140 Å². The molecule has 122 valence electrons. The van der Waals surface area contributed by atoms with Gasteiger partial charge in [-0.25, -0.2) is 0 Å². The first-order valence-electron chi connectivity index (χ1n) is 7.19. The van der Waals surface area contributed by atoms with Crippen molar-refractivity contribution in [2.75, 3.05) is 46.5 Å². The third kappa shape index (κ3) is 5.02. The Morgan fingerprint density at radius 1 is 1.32 bits per heavy atom. The molecule has 0 atom stereocenters. The maximum absolute atomic E-state index is 12.0. The van der Waals surface area contributed by atoms with Gasteiger partial charge in [-0.3, -0.25) is 9.69 Å². The minimum Gasteiger partial charge on any atom is -0.495 e. The molecule has 0 radical (unpaired) electrons. The minimum absolute atomic E-state index is 0.0728. The van der Waals surface area contributed by atoms with E-state index in [1.54, 1.807) is 12.1 Å². The Kier molecular flexibility index (Phi) is 6.76. The van der Waals surface area contributed by atoms with E-state index in [2.05, 4.69) is 10.2 Å². The topological polar surface area (TPSA) is 50.8 Å². The molecule has 5 nitrogen and oxygen atoms in total. The third-order valence-corrected chi connectivity index (χ3v) is 4.17. The predicted molar refractivity (Wildman–Crippen MR) is 87.0 cm³/mol. The Balaban J connectivity index is 1.80. The smallest absolute Gasteiger partial charge is 0.224 e. The van der Waals surface area contributed by atoms with Crippen LogP contribution in [0.1, 0.15) is 5.56 Å². The van der Waals surface area contributed by atoms with E-state index in [1.165, 1.54) is 7.11 Å². The number of amides is 1. The Bertz CT molecular complexity index is 520. The lowest BCUT2D eigenvalue weighted by Crippen LogP contribution is -2.41. The highest BCUT2D eigenvalue weighted by molar-refractivity contribution is 6.34. The maximum Gasteiger partial charge on any atom is 0.224 e. The summed E-state index contributed by atoms with van der Waals surface area (Å²) in [6.07, 6.45) is 0.200. The van der Waals surface area contributed by atoms with E-state index in [0.29, 0.717) is 27.9 Å². The number of carbonyl (C=O) groups excluding carboxylic acids is 1. The van der Waals surface area contributed by atoms with Crippen molar-refractivity contribution in [3.8, 4) is 5.75 Å². The zero-order valence-electron chi connectivity index (χ0n) is 12.5. The molecule has 1 heterocycles. The fourth-order valence-corrected chi connectivity index (χ4v) is 2.76. The molecule has 7 heteroatoms. The number of carbonyl (C=O) groups is 1. The molecule has 1 fully saturated rings. The number of hydrogen-bond acceptors (Lipinski definition) is 4. The molecule has 0 saturated carbocycles. The van der Waals surface area contributed by atoms with Crippen LogP contribution in [0.5, 0.6) is 5.75 Å². The summed E-state index contributed by atoms with van der Waals surface area (Å²) in [7, 11) is 1.52. The molecule has 0 bridgehead atoms. The molecule has 1 N–H and O–H groups in total. The van der Waals surface area contributed by atoms with Gasteiger partial charge >= 0.3 is 0 Å². The van der Waals surface area contributed by atoms with Crippen molar-refractivity contribution >= 4 is 29.1 Å². The summed E-state index contributed by atoms with van der Waals surface area (Å²) in [6.45, 7) is 4.78. The molecule has 0 spiro atoms. The minimum atomic E-state index is -0.0728. The van der Waals surface area contributed by atoms with Crippen LogP contribution < -0.4 is 10.1 Å². The number of ether oxygens (including phenoxy) is 2. The lowest BCUT2D eigenvalue weighted by molar-refractivity contribution is -0.120. The molecule has 1 saturated heterocycles. The van der Waals surface area contributed by atoms with E-state index < -0.39 is 0 Å². The van der Waals surface area contributed by atoms with Crippen molar-refractivity contribution in [2.24, 2.45) is 0 Å². The normalized spacial score (nSPS) is 15.6. The Morgan fingerprint density at radius 2 is 2.05 bits per heavy atom. The van der Waals surface area contributed by atoms with Crippen molar-refractivity contribution in [3.05, 3.63) is 27.7 Å². The summed E-state index contributed by atoms with van der Waals surface area (Å²) < 4.78 is 10.4. The van der Waals surface area contributed by atoms with Gasteiger partial charge in [0.2, 0.25) is 5.91 Å². The van der Waals surface area contributed by atoms with E-state index in [9.17, 15) is 4.79 Å². The lowest BCUT2D eigenvalue weighted by atomic mass is 10.1. The van der Waals surface area contributed by atoms with Crippen molar-refractivity contribution in [2.45, 2.75) is 6.42 Å². The van der Waals surface area contributed by atoms with Crippen LogP contribution in [0, 0.1) is 0 Å². The van der Waals surface area contributed by atoms with Crippen LogP contribution in [0.4, 0.5) is 0 Å². The third-order valence-electron chi connectivity index (χ3n) is 3.53. The highest BCUT2D eigenvalue weighted by Gasteiger charge is 2.13. The second-order valence-electron chi connectivity index (χ2n) is 5.06. The summed E-state index contributed by atoms with van der Waals surface area (Å²) in [5, 5.41) is 3.82. The molecule has 1 aliphatic rings.